The van der Waals surface area contributed by atoms with Crippen molar-refractivity contribution in [2.45, 2.75) is 40.2 Å². The highest BCUT2D eigenvalue weighted by molar-refractivity contribution is 5.14. The molecule has 0 bridgehead atoms. The molecule has 2 nitrogen and oxygen atoms in total. The van der Waals surface area contributed by atoms with E-state index in [2.05, 4.69) is 44.1 Å². The van der Waals surface area contributed by atoms with Crippen molar-refractivity contribution in [3.8, 4) is 0 Å². The minimum absolute atomic E-state index is 0.425. The molecule has 1 aromatic rings. The predicted molar refractivity (Wildman–Crippen MR) is 69.3 cm³/mol. The molecule has 1 aromatic heterocycles. The van der Waals surface area contributed by atoms with Gasteiger partial charge in [-0.25, -0.2) is 0 Å². The number of nitrogens with one attached hydrogen (secondary N) is 1. The Hall–Kier alpha value is -0.890. The van der Waals surface area contributed by atoms with Gasteiger partial charge >= 0.3 is 0 Å². The molecule has 0 spiro atoms. The third-order valence-corrected chi connectivity index (χ3v) is 3.24. The smallest absolute Gasteiger partial charge is 0.0363 e. The first-order valence-corrected chi connectivity index (χ1v) is 6.30. The van der Waals surface area contributed by atoms with Gasteiger partial charge < -0.3 is 5.32 Å². The Morgan fingerprint density at radius 2 is 2.06 bits per heavy atom. The Kier molecular flexibility index (Phi) is 5.47. The summed E-state index contributed by atoms with van der Waals surface area (Å²) in [4.78, 5) is 4.22. The van der Waals surface area contributed by atoms with Crippen LogP contribution in [0.2, 0.25) is 0 Å². The zero-order chi connectivity index (χ0) is 12.0. The maximum absolute atomic E-state index is 4.22. The average Bonchev–Trinajstić information content (AvgIpc) is 2.30. The second kappa shape index (κ2) is 6.64. The van der Waals surface area contributed by atoms with Gasteiger partial charge in [-0.15, -0.1) is 0 Å². The number of nitrogens with zero attached hydrogens (tertiary/aromatic N) is 1. The molecule has 0 fully saturated rings. The highest BCUT2D eigenvalue weighted by atomic mass is 14.9. The molecule has 1 N–H and O–H groups in total. The van der Waals surface area contributed by atoms with E-state index >= 15 is 0 Å². The van der Waals surface area contributed by atoms with Gasteiger partial charge in [0.2, 0.25) is 0 Å². The lowest BCUT2D eigenvalue weighted by atomic mass is 9.86. The van der Waals surface area contributed by atoms with Crippen molar-refractivity contribution >= 4 is 0 Å². The van der Waals surface area contributed by atoms with E-state index in [0.717, 1.165) is 6.54 Å². The zero-order valence-corrected chi connectivity index (χ0v) is 10.9. The Labute approximate surface area is 99.5 Å². The van der Waals surface area contributed by atoms with Crippen molar-refractivity contribution in [1.82, 2.24) is 10.3 Å². The molecular formula is C14H24N2. The number of rotatable bonds is 6. The minimum Gasteiger partial charge on any atom is -0.310 e. The lowest BCUT2D eigenvalue weighted by Gasteiger charge is -2.28. The summed E-state index contributed by atoms with van der Waals surface area (Å²) < 4.78 is 0. The van der Waals surface area contributed by atoms with E-state index in [1.807, 2.05) is 18.5 Å². The third kappa shape index (κ3) is 3.60. The molecule has 2 heteroatoms. The molecule has 0 aromatic carbocycles. The average molecular weight is 220 g/mol. The maximum atomic E-state index is 4.22. The van der Waals surface area contributed by atoms with Crippen molar-refractivity contribution in [1.29, 1.82) is 0 Å². The van der Waals surface area contributed by atoms with Crippen molar-refractivity contribution in [3.05, 3.63) is 30.1 Å². The van der Waals surface area contributed by atoms with Gasteiger partial charge in [0.05, 0.1) is 0 Å². The molecule has 16 heavy (non-hydrogen) atoms. The Morgan fingerprint density at radius 3 is 2.56 bits per heavy atom. The molecule has 0 radical (unpaired) electrons. The van der Waals surface area contributed by atoms with Crippen molar-refractivity contribution in [2.75, 3.05) is 6.54 Å². The first-order valence-electron chi connectivity index (χ1n) is 6.30. The van der Waals surface area contributed by atoms with Gasteiger partial charge in [-0.05, 0) is 36.4 Å². The van der Waals surface area contributed by atoms with Crippen molar-refractivity contribution in [3.63, 3.8) is 0 Å². The second-order valence-corrected chi connectivity index (χ2v) is 4.82. The minimum atomic E-state index is 0.425. The van der Waals surface area contributed by atoms with E-state index < -0.39 is 0 Å². The number of pyridine rings is 1. The van der Waals surface area contributed by atoms with Gasteiger partial charge in [-0.2, -0.15) is 0 Å². The van der Waals surface area contributed by atoms with Crippen molar-refractivity contribution < 1.29 is 0 Å². The fourth-order valence-electron chi connectivity index (χ4n) is 1.85. The molecule has 0 saturated heterocycles. The van der Waals surface area contributed by atoms with E-state index in [4.69, 9.17) is 0 Å². The molecule has 1 heterocycles. The van der Waals surface area contributed by atoms with E-state index in [0.29, 0.717) is 17.9 Å². The topological polar surface area (TPSA) is 24.9 Å². The monoisotopic (exact) mass is 220 g/mol. The summed E-state index contributed by atoms with van der Waals surface area (Å²) in [7, 11) is 0. The normalized spacial score (nSPS) is 15.1. The Balaban J connectivity index is 2.79. The summed E-state index contributed by atoms with van der Waals surface area (Å²) in [5, 5.41) is 3.63. The van der Waals surface area contributed by atoms with Crippen LogP contribution >= 0.6 is 0 Å². The van der Waals surface area contributed by atoms with Crippen LogP contribution in [0.1, 0.15) is 45.7 Å². The van der Waals surface area contributed by atoms with E-state index in [1.54, 1.807) is 0 Å². The molecule has 0 aliphatic rings. The van der Waals surface area contributed by atoms with Gasteiger partial charge in [0.15, 0.2) is 0 Å². The lowest BCUT2D eigenvalue weighted by Crippen LogP contribution is -2.30. The Morgan fingerprint density at radius 1 is 1.31 bits per heavy atom. The van der Waals surface area contributed by atoms with Gasteiger partial charge in [0, 0.05) is 18.4 Å². The van der Waals surface area contributed by atoms with Gasteiger partial charge in [-0.3, -0.25) is 4.98 Å². The SMILES string of the molecule is CCCNC(c1cccnc1)C(C)C(C)C. The zero-order valence-electron chi connectivity index (χ0n) is 10.9. The standard InChI is InChI=1S/C14H24N2/c1-5-8-16-14(12(4)11(2)3)13-7-6-9-15-10-13/h6-7,9-12,14,16H,5,8H2,1-4H3. The quantitative estimate of drug-likeness (QED) is 0.794. The van der Waals surface area contributed by atoms with Crippen LogP contribution in [-0.4, -0.2) is 11.5 Å². The molecule has 0 amide bonds. The fraction of sp³-hybridized carbons (Fsp3) is 0.643. The third-order valence-electron chi connectivity index (χ3n) is 3.24. The molecule has 0 aliphatic carbocycles. The van der Waals surface area contributed by atoms with Crippen LogP contribution in [0.3, 0.4) is 0 Å². The molecule has 2 atom stereocenters. The van der Waals surface area contributed by atoms with Crippen molar-refractivity contribution in [2.24, 2.45) is 11.8 Å². The predicted octanol–water partition coefficient (Wildman–Crippen LogP) is 3.41. The number of hydrogen-bond acceptors (Lipinski definition) is 2. The van der Waals surface area contributed by atoms with Gasteiger partial charge in [0.25, 0.3) is 0 Å². The summed E-state index contributed by atoms with van der Waals surface area (Å²) in [5.41, 5.74) is 1.30. The maximum Gasteiger partial charge on any atom is 0.0363 e. The summed E-state index contributed by atoms with van der Waals surface area (Å²) in [5.74, 6) is 1.30. The first kappa shape index (κ1) is 13.2. The van der Waals surface area contributed by atoms with E-state index in [-0.39, 0.29) is 0 Å². The van der Waals surface area contributed by atoms with Crippen LogP contribution in [0.25, 0.3) is 0 Å². The fourth-order valence-corrected chi connectivity index (χ4v) is 1.85. The number of hydrogen-bond donors (Lipinski definition) is 1. The van der Waals surface area contributed by atoms with Gasteiger partial charge in [0.1, 0.15) is 0 Å². The summed E-state index contributed by atoms with van der Waals surface area (Å²) in [6.45, 7) is 10.1. The van der Waals surface area contributed by atoms with E-state index in [9.17, 15) is 0 Å². The molecule has 0 aliphatic heterocycles. The van der Waals surface area contributed by atoms with Crippen LogP contribution < -0.4 is 5.32 Å². The van der Waals surface area contributed by atoms with Gasteiger partial charge in [-0.1, -0.05) is 33.8 Å². The van der Waals surface area contributed by atoms with Crippen LogP contribution in [0.4, 0.5) is 0 Å². The molecule has 0 saturated carbocycles. The summed E-state index contributed by atoms with van der Waals surface area (Å²) in [6.07, 6.45) is 4.98. The summed E-state index contributed by atoms with van der Waals surface area (Å²) in [6, 6.07) is 4.61. The first-order chi connectivity index (χ1) is 7.66. The van der Waals surface area contributed by atoms with E-state index in [1.165, 1.54) is 12.0 Å². The van der Waals surface area contributed by atoms with Crippen LogP contribution in [0.15, 0.2) is 24.5 Å². The van der Waals surface area contributed by atoms with Crippen LogP contribution in [-0.2, 0) is 0 Å². The molecule has 2 unspecified atom stereocenters. The number of aromatic nitrogens is 1. The Bertz CT molecular complexity index is 282. The van der Waals surface area contributed by atoms with Crippen LogP contribution in [0, 0.1) is 11.8 Å². The second-order valence-electron chi connectivity index (χ2n) is 4.82. The molecular weight excluding hydrogens is 196 g/mol. The molecule has 1 rings (SSSR count). The summed E-state index contributed by atoms with van der Waals surface area (Å²) >= 11 is 0. The van der Waals surface area contributed by atoms with Crippen LogP contribution in [0.5, 0.6) is 0 Å². The highest BCUT2D eigenvalue weighted by Crippen LogP contribution is 2.27. The highest BCUT2D eigenvalue weighted by Gasteiger charge is 2.21. The lowest BCUT2D eigenvalue weighted by molar-refractivity contribution is 0.303. The molecule has 90 valence electrons. The largest absolute Gasteiger partial charge is 0.310 e.